The summed E-state index contributed by atoms with van der Waals surface area (Å²) in [7, 11) is -2.89. The van der Waals surface area contributed by atoms with E-state index in [0.29, 0.717) is 43.3 Å². The smallest absolute Gasteiger partial charge is 0.306 e. The third-order valence-corrected chi connectivity index (χ3v) is 11.3. The van der Waals surface area contributed by atoms with Gasteiger partial charge >= 0.3 is 5.97 Å². The van der Waals surface area contributed by atoms with Crippen LogP contribution in [0.15, 0.2) is 41.8 Å². The number of carboxylic acids is 1. The second kappa shape index (κ2) is 11.6. The van der Waals surface area contributed by atoms with Crippen molar-refractivity contribution < 1.29 is 23.1 Å². The van der Waals surface area contributed by atoms with E-state index in [2.05, 4.69) is 34.9 Å². The maximum atomic E-state index is 11.7. The Balaban J connectivity index is 1.14. The van der Waals surface area contributed by atoms with Crippen molar-refractivity contribution in [3.63, 3.8) is 0 Å². The van der Waals surface area contributed by atoms with Crippen LogP contribution in [0.2, 0.25) is 5.02 Å². The van der Waals surface area contributed by atoms with Crippen molar-refractivity contribution >= 4 is 43.9 Å². The summed E-state index contributed by atoms with van der Waals surface area (Å²) in [6, 6.07) is 12.3. The number of hydrogen-bond donors (Lipinski definition) is 1. The number of aliphatic carboxylic acids is 1. The molecule has 0 amide bonds. The zero-order chi connectivity index (χ0) is 28.7. The zero-order valence-electron chi connectivity index (χ0n) is 23.0. The number of carboxylic acid groups (broad SMARTS) is 1. The van der Waals surface area contributed by atoms with Crippen LogP contribution < -0.4 is 9.64 Å². The summed E-state index contributed by atoms with van der Waals surface area (Å²) in [4.78, 5) is 21.1. The SMILES string of the molecule is Cc1cc(CN2CCS(=O)(=O)CC2)ccc1COc1ccc(Cl)cc1-c1csc(N2C3CCC2CC(C(=O)O)C3)n1. The zero-order valence-corrected chi connectivity index (χ0v) is 25.3. The van der Waals surface area contributed by atoms with E-state index in [1.54, 1.807) is 11.3 Å². The molecule has 3 fully saturated rings. The van der Waals surface area contributed by atoms with E-state index in [0.717, 1.165) is 52.5 Å². The lowest BCUT2D eigenvalue weighted by molar-refractivity contribution is -0.142. The Kier molecular flexibility index (Phi) is 8.02. The van der Waals surface area contributed by atoms with Crippen LogP contribution in [0.4, 0.5) is 5.13 Å². The van der Waals surface area contributed by atoms with E-state index >= 15 is 0 Å². The molecular formula is C30H34ClN3O5S2. The molecule has 2 unspecified atom stereocenters. The van der Waals surface area contributed by atoms with Crippen molar-refractivity contribution in [2.75, 3.05) is 29.5 Å². The summed E-state index contributed by atoms with van der Waals surface area (Å²) in [5, 5.41) is 13.1. The van der Waals surface area contributed by atoms with Gasteiger partial charge in [-0.15, -0.1) is 11.3 Å². The Morgan fingerprint density at radius 2 is 1.85 bits per heavy atom. The fourth-order valence-electron chi connectivity index (χ4n) is 6.37. The van der Waals surface area contributed by atoms with Crippen molar-refractivity contribution in [1.82, 2.24) is 9.88 Å². The number of halogens is 1. The summed E-state index contributed by atoms with van der Waals surface area (Å²) in [5.74, 6) is 0.207. The molecule has 11 heteroatoms. The third-order valence-electron chi connectivity index (χ3n) is 8.65. The first-order valence-electron chi connectivity index (χ1n) is 14.1. The largest absolute Gasteiger partial charge is 0.488 e. The number of sulfone groups is 1. The lowest BCUT2D eigenvalue weighted by atomic mass is 9.91. The van der Waals surface area contributed by atoms with Crippen LogP contribution in [-0.4, -0.2) is 66.1 Å². The number of aryl methyl sites for hydroxylation is 1. The minimum Gasteiger partial charge on any atom is -0.488 e. The summed E-state index contributed by atoms with van der Waals surface area (Å²) >= 11 is 7.98. The molecule has 3 aliphatic rings. The molecule has 41 heavy (non-hydrogen) atoms. The van der Waals surface area contributed by atoms with Gasteiger partial charge in [-0.25, -0.2) is 13.4 Å². The van der Waals surface area contributed by atoms with Crippen LogP contribution in [0.25, 0.3) is 11.3 Å². The third kappa shape index (κ3) is 6.26. The molecule has 8 nitrogen and oxygen atoms in total. The molecule has 1 aromatic heterocycles. The van der Waals surface area contributed by atoms with Gasteiger partial charge in [0.1, 0.15) is 12.4 Å². The number of ether oxygens (including phenoxy) is 1. The Hall–Kier alpha value is -2.66. The number of piperidine rings is 1. The lowest BCUT2D eigenvalue weighted by Crippen LogP contribution is -2.44. The average Bonchev–Trinajstić information content (AvgIpc) is 3.51. The number of fused-ring (bicyclic) bond motifs is 2. The van der Waals surface area contributed by atoms with Crippen LogP contribution in [0.3, 0.4) is 0 Å². The number of thiazole rings is 1. The molecule has 2 bridgehead atoms. The molecule has 2 aromatic carbocycles. The minimum atomic E-state index is -2.89. The van der Waals surface area contributed by atoms with Crippen molar-refractivity contribution in [3.05, 3.63) is 63.5 Å². The fourth-order valence-corrected chi connectivity index (χ4v) is 8.78. The highest BCUT2D eigenvalue weighted by Crippen LogP contribution is 2.44. The van der Waals surface area contributed by atoms with Crippen LogP contribution in [0.1, 0.15) is 42.4 Å². The number of rotatable bonds is 8. The predicted molar refractivity (Wildman–Crippen MR) is 162 cm³/mol. The van der Waals surface area contributed by atoms with E-state index in [1.165, 1.54) is 0 Å². The second-order valence-electron chi connectivity index (χ2n) is 11.4. The first kappa shape index (κ1) is 28.5. The van der Waals surface area contributed by atoms with Crippen molar-refractivity contribution in [2.24, 2.45) is 5.92 Å². The number of anilines is 1. The van der Waals surface area contributed by atoms with Gasteiger partial charge < -0.3 is 14.7 Å². The monoisotopic (exact) mass is 615 g/mol. The molecule has 6 rings (SSSR count). The van der Waals surface area contributed by atoms with Crippen molar-refractivity contribution in [2.45, 2.75) is 57.8 Å². The van der Waals surface area contributed by atoms with Gasteiger partial charge in [-0.05, 0) is 67.5 Å². The summed E-state index contributed by atoms with van der Waals surface area (Å²) < 4.78 is 29.8. The van der Waals surface area contributed by atoms with Gasteiger partial charge in [0.2, 0.25) is 0 Å². The molecule has 218 valence electrons. The Morgan fingerprint density at radius 3 is 2.54 bits per heavy atom. The first-order valence-corrected chi connectivity index (χ1v) is 17.1. The van der Waals surface area contributed by atoms with Crippen molar-refractivity contribution in [3.8, 4) is 17.0 Å². The quantitative estimate of drug-likeness (QED) is 0.359. The van der Waals surface area contributed by atoms with Gasteiger partial charge in [0.25, 0.3) is 0 Å². The maximum absolute atomic E-state index is 11.7. The molecule has 0 aliphatic carbocycles. The average molecular weight is 616 g/mol. The molecule has 1 N–H and O–H groups in total. The number of benzene rings is 2. The molecule has 0 spiro atoms. The van der Waals surface area contributed by atoms with E-state index in [4.69, 9.17) is 21.3 Å². The molecule has 3 aliphatic heterocycles. The standard InChI is InChI=1S/C30H34ClN3O5S2/c1-19-12-20(16-33-8-10-41(37,38)11-9-33)2-3-21(19)17-39-28-7-4-23(31)15-26(28)27-18-40-30(32-27)34-24-5-6-25(34)14-22(13-24)29(35)36/h2-4,7,12,15,18,22,24-25H,5-6,8-11,13-14,16-17H2,1H3,(H,35,36). The highest BCUT2D eigenvalue weighted by molar-refractivity contribution is 7.91. The van der Waals surface area contributed by atoms with E-state index in [9.17, 15) is 18.3 Å². The summed E-state index contributed by atoms with van der Waals surface area (Å²) in [6.07, 6.45) is 3.36. The molecule has 0 radical (unpaired) electrons. The molecule has 2 atom stereocenters. The number of nitrogens with zero attached hydrogens (tertiary/aromatic N) is 3. The van der Waals surface area contributed by atoms with Gasteiger partial charge in [-0.3, -0.25) is 9.69 Å². The van der Waals surface area contributed by atoms with Crippen molar-refractivity contribution in [1.29, 1.82) is 0 Å². The Labute approximate surface area is 249 Å². The first-order chi connectivity index (χ1) is 19.6. The molecule has 0 saturated carbocycles. The minimum absolute atomic E-state index is 0.220. The van der Waals surface area contributed by atoms with Crippen LogP contribution in [0.5, 0.6) is 5.75 Å². The van der Waals surface area contributed by atoms with Crippen LogP contribution in [-0.2, 0) is 27.8 Å². The highest BCUT2D eigenvalue weighted by Gasteiger charge is 2.44. The number of hydrogen-bond acceptors (Lipinski definition) is 8. The van der Waals surface area contributed by atoms with Gasteiger partial charge in [-0.1, -0.05) is 29.8 Å². The van der Waals surface area contributed by atoms with Gasteiger partial charge in [0, 0.05) is 47.7 Å². The van der Waals surface area contributed by atoms with Gasteiger partial charge in [0.05, 0.1) is 23.1 Å². The molecular weight excluding hydrogens is 582 g/mol. The normalized spacial score (nSPS) is 24.0. The summed E-state index contributed by atoms with van der Waals surface area (Å²) in [6.45, 7) is 4.35. The van der Waals surface area contributed by atoms with Crippen LogP contribution in [0, 0.1) is 12.8 Å². The molecule has 3 aromatic rings. The van der Waals surface area contributed by atoms with Crippen LogP contribution >= 0.6 is 22.9 Å². The topological polar surface area (TPSA) is 100 Å². The fraction of sp³-hybridized carbons (Fsp3) is 0.467. The van der Waals surface area contributed by atoms with Gasteiger partial charge in [-0.2, -0.15) is 0 Å². The van der Waals surface area contributed by atoms with E-state index in [1.807, 2.05) is 23.6 Å². The Bertz CT molecular complexity index is 1530. The van der Waals surface area contributed by atoms with E-state index in [-0.39, 0.29) is 29.5 Å². The predicted octanol–water partition coefficient (Wildman–Crippen LogP) is 5.41. The maximum Gasteiger partial charge on any atom is 0.306 e. The van der Waals surface area contributed by atoms with E-state index < -0.39 is 15.8 Å². The lowest BCUT2D eigenvalue weighted by Gasteiger charge is -2.37. The molecule has 3 saturated heterocycles. The number of carbonyl (C=O) groups is 1. The highest BCUT2D eigenvalue weighted by atomic mass is 35.5. The number of aromatic nitrogens is 1. The van der Waals surface area contributed by atoms with Gasteiger partial charge in [0.15, 0.2) is 15.0 Å². The summed E-state index contributed by atoms with van der Waals surface area (Å²) in [5.41, 5.74) is 5.00. The molecule has 4 heterocycles. The second-order valence-corrected chi connectivity index (χ2v) is 15.0. The Morgan fingerprint density at radius 1 is 1.12 bits per heavy atom.